The Morgan fingerprint density at radius 1 is 1.16 bits per heavy atom. The van der Waals surface area contributed by atoms with Crippen LogP contribution in [0.1, 0.15) is 0 Å². The molecule has 0 aliphatic rings. The number of hydrogen-bond acceptors (Lipinski definition) is 7. The van der Waals surface area contributed by atoms with Gasteiger partial charge in [-0.15, -0.1) is 5.10 Å². The van der Waals surface area contributed by atoms with Crippen LogP contribution in [0.3, 0.4) is 0 Å². The van der Waals surface area contributed by atoms with Gasteiger partial charge in [0.15, 0.2) is 5.82 Å². The molecule has 4 rings (SSSR count). The number of carbonyl (C=O) groups excluding carboxylic acids is 1. The summed E-state index contributed by atoms with van der Waals surface area (Å²) in [5, 5.41) is 15.0. The van der Waals surface area contributed by atoms with Gasteiger partial charge in [0.25, 0.3) is 0 Å². The Balaban J connectivity index is 1.55. The first-order valence-corrected chi connectivity index (χ1v) is 8.35. The van der Waals surface area contributed by atoms with Crippen molar-refractivity contribution >= 4 is 46.0 Å². The van der Waals surface area contributed by atoms with Crippen LogP contribution in [0.25, 0.3) is 22.4 Å². The Kier molecular flexibility index (Phi) is 4.08. The lowest BCUT2D eigenvalue weighted by molar-refractivity contribution is -0.116. The monoisotopic (exact) mass is 371 g/mol. The van der Waals surface area contributed by atoms with Gasteiger partial charge >= 0.3 is 0 Å². The maximum absolute atomic E-state index is 12.4. The molecule has 124 valence electrons. The third-order valence-electron chi connectivity index (χ3n) is 3.49. The van der Waals surface area contributed by atoms with E-state index in [-0.39, 0.29) is 12.5 Å². The summed E-state index contributed by atoms with van der Waals surface area (Å²) in [5.74, 6) is 0.225. The summed E-state index contributed by atoms with van der Waals surface area (Å²) in [6, 6.07) is 12.5. The molecule has 0 bridgehead atoms. The first kappa shape index (κ1) is 15.6. The molecule has 4 aromatic rings. The second kappa shape index (κ2) is 6.54. The van der Waals surface area contributed by atoms with E-state index in [0.717, 1.165) is 22.8 Å². The molecule has 0 aliphatic carbocycles. The molecule has 0 atom stereocenters. The Morgan fingerprint density at radius 3 is 2.84 bits per heavy atom. The number of rotatable bonds is 4. The molecule has 2 aromatic carbocycles. The number of amides is 1. The first-order chi connectivity index (χ1) is 12.2. The van der Waals surface area contributed by atoms with E-state index < -0.39 is 0 Å². The number of fused-ring (bicyclic) bond motifs is 1. The van der Waals surface area contributed by atoms with Gasteiger partial charge in [-0.05, 0) is 46.8 Å². The highest BCUT2D eigenvalue weighted by Gasteiger charge is 2.14. The zero-order chi connectivity index (χ0) is 17.2. The van der Waals surface area contributed by atoms with Crippen LogP contribution in [-0.4, -0.2) is 34.9 Å². The van der Waals surface area contributed by atoms with Crippen LogP contribution in [-0.2, 0) is 11.3 Å². The van der Waals surface area contributed by atoms with Crippen LogP contribution in [0.2, 0.25) is 5.02 Å². The van der Waals surface area contributed by atoms with Crippen LogP contribution < -0.4 is 5.32 Å². The molecule has 0 radical (unpaired) electrons. The van der Waals surface area contributed by atoms with E-state index in [1.807, 2.05) is 12.1 Å². The summed E-state index contributed by atoms with van der Waals surface area (Å²) in [4.78, 5) is 12.4. The van der Waals surface area contributed by atoms with Gasteiger partial charge in [0, 0.05) is 10.6 Å². The van der Waals surface area contributed by atoms with Crippen LogP contribution in [0.15, 0.2) is 42.5 Å². The van der Waals surface area contributed by atoms with Crippen molar-refractivity contribution in [1.82, 2.24) is 29.0 Å². The summed E-state index contributed by atoms with van der Waals surface area (Å²) in [7, 11) is 0. The lowest BCUT2D eigenvalue weighted by atomic mass is 10.2. The van der Waals surface area contributed by atoms with Gasteiger partial charge in [-0.3, -0.25) is 4.79 Å². The quantitative estimate of drug-likeness (QED) is 0.592. The largest absolute Gasteiger partial charge is 0.322 e. The molecule has 0 unspecified atom stereocenters. The lowest BCUT2D eigenvalue weighted by Gasteiger charge is -2.07. The standard InChI is InChI=1S/C15H10ClN7OS/c16-10-6-4-9(5-7-10)15-18-21-22-23(15)8-13(24)17-11-2-1-3-12-14(11)20-25-19-12/h1-7H,8H2,(H,17,24). The number of carbonyl (C=O) groups is 1. The highest BCUT2D eigenvalue weighted by Crippen LogP contribution is 2.22. The number of halogens is 1. The van der Waals surface area contributed by atoms with E-state index in [1.54, 1.807) is 30.3 Å². The number of hydrogen-bond donors (Lipinski definition) is 1. The van der Waals surface area contributed by atoms with Gasteiger partial charge < -0.3 is 5.32 Å². The molecule has 10 heteroatoms. The molecule has 2 aromatic heterocycles. The highest BCUT2D eigenvalue weighted by molar-refractivity contribution is 7.00. The maximum Gasteiger partial charge on any atom is 0.246 e. The van der Waals surface area contributed by atoms with Crippen LogP contribution >= 0.6 is 23.3 Å². The average molecular weight is 372 g/mol. The second-order valence-corrected chi connectivity index (χ2v) is 6.12. The number of benzene rings is 2. The fourth-order valence-electron chi connectivity index (χ4n) is 2.35. The minimum atomic E-state index is -0.261. The molecule has 1 N–H and O–H groups in total. The molecule has 0 spiro atoms. The predicted molar refractivity (Wildman–Crippen MR) is 94.3 cm³/mol. The topological polar surface area (TPSA) is 98.5 Å². The lowest BCUT2D eigenvalue weighted by Crippen LogP contribution is -2.20. The Bertz CT molecular complexity index is 1040. The molecule has 2 heterocycles. The predicted octanol–water partition coefficient (Wildman–Crippen LogP) is 2.64. The third-order valence-corrected chi connectivity index (χ3v) is 4.28. The summed E-state index contributed by atoms with van der Waals surface area (Å²) >= 11 is 6.99. The number of tetrazole rings is 1. The van der Waals surface area contributed by atoms with Gasteiger partial charge in [-0.25, -0.2) is 4.68 Å². The van der Waals surface area contributed by atoms with E-state index in [0.29, 0.717) is 22.1 Å². The van der Waals surface area contributed by atoms with Gasteiger partial charge in [-0.1, -0.05) is 17.7 Å². The van der Waals surface area contributed by atoms with Gasteiger partial charge in [0.1, 0.15) is 17.6 Å². The van der Waals surface area contributed by atoms with Gasteiger partial charge in [-0.2, -0.15) is 8.75 Å². The van der Waals surface area contributed by atoms with Gasteiger partial charge in [0.2, 0.25) is 5.91 Å². The number of nitrogens with zero attached hydrogens (tertiary/aromatic N) is 6. The Hall–Kier alpha value is -2.91. The second-order valence-electron chi connectivity index (χ2n) is 5.15. The van der Waals surface area contributed by atoms with Crippen molar-refractivity contribution in [1.29, 1.82) is 0 Å². The number of anilines is 1. The Morgan fingerprint density at radius 2 is 2.00 bits per heavy atom. The van der Waals surface area contributed by atoms with E-state index in [4.69, 9.17) is 11.6 Å². The molecule has 8 nitrogen and oxygen atoms in total. The minimum Gasteiger partial charge on any atom is -0.322 e. The van der Waals surface area contributed by atoms with E-state index >= 15 is 0 Å². The van der Waals surface area contributed by atoms with Crippen LogP contribution in [0.4, 0.5) is 5.69 Å². The summed E-state index contributed by atoms with van der Waals surface area (Å²) in [6.07, 6.45) is 0. The van der Waals surface area contributed by atoms with E-state index in [1.165, 1.54) is 4.68 Å². The molecule has 0 saturated heterocycles. The average Bonchev–Trinajstić information content (AvgIpc) is 3.25. The van der Waals surface area contributed by atoms with Crippen molar-refractivity contribution in [2.24, 2.45) is 0 Å². The molecule has 25 heavy (non-hydrogen) atoms. The number of nitrogens with one attached hydrogen (secondary N) is 1. The fourth-order valence-corrected chi connectivity index (χ4v) is 3.03. The summed E-state index contributed by atoms with van der Waals surface area (Å²) in [5.41, 5.74) is 2.79. The number of aromatic nitrogens is 6. The summed E-state index contributed by atoms with van der Waals surface area (Å²) in [6.45, 7) is -0.0289. The SMILES string of the molecule is O=C(Cn1nnnc1-c1ccc(Cl)cc1)Nc1cccc2nsnc12. The minimum absolute atomic E-state index is 0.0289. The zero-order valence-electron chi connectivity index (χ0n) is 12.6. The smallest absolute Gasteiger partial charge is 0.246 e. The van der Waals surface area contributed by atoms with Crippen molar-refractivity contribution in [2.75, 3.05) is 5.32 Å². The fraction of sp³-hybridized carbons (Fsp3) is 0.0667. The van der Waals surface area contributed by atoms with Crippen molar-refractivity contribution < 1.29 is 4.79 Å². The molecule has 0 fully saturated rings. The van der Waals surface area contributed by atoms with Gasteiger partial charge in [0.05, 0.1) is 17.4 Å². The normalized spacial score (nSPS) is 10.9. The molecule has 0 saturated carbocycles. The Labute approximate surface area is 150 Å². The molecular weight excluding hydrogens is 362 g/mol. The van der Waals surface area contributed by atoms with E-state index in [9.17, 15) is 4.79 Å². The van der Waals surface area contributed by atoms with E-state index in [2.05, 4.69) is 29.6 Å². The molecule has 1 amide bonds. The van der Waals surface area contributed by atoms with Crippen molar-refractivity contribution in [3.8, 4) is 11.4 Å². The maximum atomic E-state index is 12.4. The molecule has 0 aliphatic heterocycles. The zero-order valence-corrected chi connectivity index (χ0v) is 14.2. The molecular formula is C15H10ClN7OS. The highest BCUT2D eigenvalue weighted by atomic mass is 35.5. The van der Waals surface area contributed by atoms with Crippen LogP contribution in [0, 0.1) is 0 Å². The van der Waals surface area contributed by atoms with Crippen molar-refractivity contribution in [3.05, 3.63) is 47.5 Å². The third kappa shape index (κ3) is 3.19. The van der Waals surface area contributed by atoms with Crippen molar-refractivity contribution in [2.45, 2.75) is 6.54 Å². The van der Waals surface area contributed by atoms with Crippen molar-refractivity contribution in [3.63, 3.8) is 0 Å². The summed E-state index contributed by atoms with van der Waals surface area (Å²) < 4.78 is 9.78. The first-order valence-electron chi connectivity index (χ1n) is 7.24. The van der Waals surface area contributed by atoms with Crippen LogP contribution in [0.5, 0.6) is 0 Å².